The zero-order valence-electron chi connectivity index (χ0n) is 14.5. The number of fused-ring (bicyclic) bond motifs is 1. The molecule has 0 radical (unpaired) electrons. The molecule has 6 nitrogen and oxygen atoms in total. The van der Waals surface area contributed by atoms with Crippen molar-refractivity contribution in [1.29, 1.82) is 0 Å². The lowest BCUT2D eigenvalue weighted by molar-refractivity contribution is 0.0946. The van der Waals surface area contributed by atoms with Crippen molar-refractivity contribution in [3.63, 3.8) is 0 Å². The number of hydrogen-bond acceptors (Lipinski definition) is 3. The Morgan fingerprint density at radius 3 is 2.54 bits per heavy atom. The van der Waals surface area contributed by atoms with Gasteiger partial charge in [0.2, 0.25) is 5.82 Å². The quantitative estimate of drug-likeness (QED) is 0.720. The van der Waals surface area contributed by atoms with Gasteiger partial charge in [0.1, 0.15) is 0 Å². The fraction of sp³-hybridized carbons (Fsp3) is 0.211. The van der Waals surface area contributed by atoms with Crippen molar-refractivity contribution >= 4 is 34.6 Å². The molecule has 0 aliphatic carbocycles. The van der Waals surface area contributed by atoms with Crippen LogP contribution in [0.3, 0.4) is 0 Å². The summed E-state index contributed by atoms with van der Waals surface area (Å²) in [7, 11) is 0. The molecule has 2 heterocycles. The number of anilines is 1. The fourth-order valence-corrected chi connectivity index (χ4v) is 2.59. The summed E-state index contributed by atoms with van der Waals surface area (Å²) in [5, 5.41) is 6.19. The Hall–Kier alpha value is -2.86. The molecule has 0 aliphatic rings. The van der Waals surface area contributed by atoms with Gasteiger partial charge in [0, 0.05) is 23.5 Å². The number of carbonyl (C=O) groups excluding carboxylic acids is 2. The van der Waals surface area contributed by atoms with Gasteiger partial charge in [0.15, 0.2) is 5.69 Å². The third-order valence-corrected chi connectivity index (χ3v) is 3.99. The van der Waals surface area contributed by atoms with Gasteiger partial charge in [-0.05, 0) is 42.3 Å². The first-order valence-corrected chi connectivity index (χ1v) is 8.65. The first kappa shape index (κ1) is 17.9. The zero-order chi connectivity index (χ0) is 18.7. The first-order valence-electron chi connectivity index (χ1n) is 8.28. The van der Waals surface area contributed by atoms with Crippen LogP contribution < -0.4 is 10.6 Å². The SMILES string of the molecule is CC(C)CNC(=O)c1nc(C(=O)Nc2ccc(Cl)cc2)n2ccccc12. The third-order valence-electron chi connectivity index (χ3n) is 3.74. The van der Waals surface area contributed by atoms with Crippen molar-refractivity contribution in [2.24, 2.45) is 5.92 Å². The van der Waals surface area contributed by atoms with Crippen molar-refractivity contribution in [1.82, 2.24) is 14.7 Å². The summed E-state index contributed by atoms with van der Waals surface area (Å²) < 4.78 is 1.61. The summed E-state index contributed by atoms with van der Waals surface area (Å²) in [6.07, 6.45) is 1.71. The van der Waals surface area contributed by atoms with Gasteiger partial charge in [-0.3, -0.25) is 14.0 Å². The highest BCUT2D eigenvalue weighted by Gasteiger charge is 2.21. The number of imidazole rings is 1. The van der Waals surface area contributed by atoms with Gasteiger partial charge in [-0.25, -0.2) is 4.98 Å². The van der Waals surface area contributed by atoms with Gasteiger partial charge in [-0.15, -0.1) is 0 Å². The van der Waals surface area contributed by atoms with E-state index in [0.717, 1.165) is 0 Å². The molecule has 26 heavy (non-hydrogen) atoms. The number of hydrogen-bond donors (Lipinski definition) is 2. The van der Waals surface area contributed by atoms with Crippen LogP contribution in [0.4, 0.5) is 5.69 Å². The molecule has 3 rings (SSSR count). The highest BCUT2D eigenvalue weighted by atomic mass is 35.5. The lowest BCUT2D eigenvalue weighted by Crippen LogP contribution is -2.27. The van der Waals surface area contributed by atoms with Crippen molar-refractivity contribution in [2.45, 2.75) is 13.8 Å². The predicted molar refractivity (Wildman–Crippen MR) is 102 cm³/mol. The number of benzene rings is 1. The first-order chi connectivity index (χ1) is 12.5. The van der Waals surface area contributed by atoms with Gasteiger partial charge in [-0.2, -0.15) is 0 Å². The van der Waals surface area contributed by atoms with Crippen molar-refractivity contribution in [3.8, 4) is 0 Å². The largest absolute Gasteiger partial charge is 0.350 e. The van der Waals surface area contributed by atoms with Crippen LogP contribution >= 0.6 is 11.6 Å². The Morgan fingerprint density at radius 1 is 1.12 bits per heavy atom. The van der Waals surface area contributed by atoms with Crippen LogP contribution in [0.2, 0.25) is 5.02 Å². The standard InChI is InChI=1S/C19H19ClN4O2/c1-12(2)11-21-18(25)16-15-5-3-4-10-24(15)17(23-16)19(26)22-14-8-6-13(20)7-9-14/h3-10,12H,11H2,1-2H3,(H,21,25)(H,22,26). The molecule has 134 valence electrons. The van der Waals surface area contributed by atoms with Crippen LogP contribution in [0.1, 0.15) is 35.0 Å². The summed E-state index contributed by atoms with van der Waals surface area (Å²) in [6.45, 7) is 4.56. The molecular formula is C19H19ClN4O2. The number of halogens is 1. The van der Waals surface area contributed by atoms with E-state index in [1.807, 2.05) is 13.8 Å². The lowest BCUT2D eigenvalue weighted by atomic mass is 10.2. The molecule has 0 aliphatic heterocycles. The average Bonchev–Trinajstić information content (AvgIpc) is 3.01. The van der Waals surface area contributed by atoms with Gasteiger partial charge < -0.3 is 10.6 Å². The van der Waals surface area contributed by atoms with E-state index in [1.54, 1.807) is 53.1 Å². The van der Waals surface area contributed by atoms with E-state index in [1.165, 1.54) is 0 Å². The Morgan fingerprint density at radius 2 is 1.85 bits per heavy atom. The second-order valence-corrected chi connectivity index (χ2v) is 6.74. The fourth-order valence-electron chi connectivity index (χ4n) is 2.47. The molecular weight excluding hydrogens is 352 g/mol. The van der Waals surface area contributed by atoms with Gasteiger partial charge in [0.25, 0.3) is 11.8 Å². The predicted octanol–water partition coefficient (Wildman–Crippen LogP) is 3.63. The maximum atomic E-state index is 12.7. The highest BCUT2D eigenvalue weighted by molar-refractivity contribution is 6.30. The smallest absolute Gasteiger partial charge is 0.292 e. The second-order valence-electron chi connectivity index (χ2n) is 6.30. The van der Waals surface area contributed by atoms with E-state index in [9.17, 15) is 9.59 Å². The summed E-state index contributed by atoms with van der Waals surface area (Å²) >= 11 is 5.86. The van der Waals surface area contributed by atoms with Crippen LogP contribution in [-0.4, -0.2) is 27.7 Å². The number of pyridine rings is 1. The molecule has 0 atom stereocenters. The maximum Gasteiger partial charge on any atom is 0.292 e. The zero-order valence-corrected chi connectivity index (χ0v) is 15.2. The topological polar surface area (TPSA) is 75.5 Å². The Labute approximate surface area is 156 Å². The van der Waals surface area contributed by atoms with Gasteiger partial charge in [-0.1, -0.05) is 31.5 Å². The number of rotatable bonds is 5. The molecule has 2 aromatic heterocycles. The average molecular weight is 371 g/mol. The molecule has 2 amide bonds. The summed E-state index contributed by atoms with van der Waals surface area (Å²) in [5.41, 5.74) is 1.40. The highest BCUT2D eigenvalue weighted by Crippen LogP contribution is 2.17. The molecule has 0 bridgehead atoms. The van der Waals surface area contributed by atoms with Crippen molar-refractivity contribution in [2.75, 3.05) is 11.9 Å². The van der Waals surface area contributed by atoms with Crippen LogP contribution in [0.15, 0.2) is 48.7 Å². The van der Waals surface area contributed by atoms with E-state index in [4.69, 9.17) is 11.6 Å². The molecule has 1 aromatic carbocycles. The molecule has 0 unspecified atom stereocenters. The maximum absolute atomic E-state index is 12.7. The molecule has 0 saturated heterocycles. The van der Waals surface area contributed by atoms with E-state index in [0.29, 0.717) is 28.7 Å². The molecule has 7 heteroatoms. The minimum atomic E-state index is -0.406. The number of carbonyl (C=O) groups is 2. The molecule has 0 fully saturated rings. The summed E-state index contributed by atoms with van der Waals surface area (Å²) in [4.78, 5) is 29.4. The van der Waals surface area contributed by atoms with Crippen LogP contribution in [0.5, 0.6) is 0 Å². The molecule has 0 spiro atoms. The lowest BCUT2D eigenvalue weighted by Gasteiger charge is -2.05. The summed E-state index contributed by atoms with van der Waals surface area (Å²) in [6, 6.07) is 12.1. The van der Waals surface area contributed by atoms with Crippen molar-refractivity contribution < 1.29 is 9.59 Å². The van der Waals surface area contributed by atoms with Crippen molar-refractivity contribution in [3.05, 3.63) is 65.2 Å². The summed E-state index contributed by atoms with van der Waals surface area (Å²) in [5.74, 6) is -0.241. The van der Waals surface area contributed by atoms with Crippen LogP contribution in [0, 0.1) is 5.92 Å². The van der Waals surface area contributed by atoms with Crippen LogP contribution in [0.25, 0.3) is 5.52 Å². The normalized spacial score (nSPS) is 10.9. The number of amides is 2. The number of aromatic nitrogens is 2. The Bertz CT molecular complexity index is 948. The van der Waals surface area contributed by atoms with E-state index in [-0.39, 0.29) is 17.4 Å². The second kappa shape index (κ2) is 7.58. The number of nitrogens with zero attached hydrogens (tertiary/aromatic N) is 2. The molecule has 0 saturated carbocycles. The van der Waals surface area contributed by atoms with Gasteiger partial charge in [0.05, 0.1) is 5.52 Å². The monoisotopic (exact) mass is 370 g/mol. The van der Waals surface area contributed by atoms with E-state index >= 15 is 0 Å². The minimum Gasteiger partial charge on any atom is -0.350 e. The van der Waals surface area contributed by atoms with E-state index in [2.05, 4.69) is 15.6 Å². The third kappa shape index (κ3) is 3.86. The van der Waals surface area contributed by atoms with Crippen LogP contribution in [-0.2, 0) is 0 Å². The molecule has 2 N–H and O–H groups in total. The van der Waals surface area contributed by atoms with Gasteiger partial charge >= 0.3 is 0 Å². The number of nitrogens with one attached hydrogen (secondary N) is 2. The molecule has 3 aromatic rings. The Kier molecular flexibility index (Phi) is 5.23. The minimum absolute atomic E-state index is 0.144. The Balaban J connectivity index is 1.92. The van der Waals surface area contributed by atoms with E-state index < -0.39 is 5.91 Å².